The van der Waals surface area contributed by atoms with Crippen molar-refractivity contribution in [1.29, 1.82) is 0 Å². The van der Waals surface area contributed by atoms with Gasteiger partial charge in [0.1, 0.15) is 24.2 Å². The van der Waals surface area contributed by atoms with Crippen molar-refractivity contribution in [3.8, 4) is 11.5 Å². The van der Waals surface area contributed by atoms with Gasteiger partial charge in [0.05, 0.1) is 17.8 Å². The normalized spacial score (nSPS) is 22.9. The highest BCUT2D eigenvalue weighted by molar-refractivity contribution is 5.66. The van der Waals surface area contributed by atoms with Crippen molar-refractivity contribution >= 4 is 12.0 Å². The number of rotatable bonds is 8. The molecule has 2 aliphatic rings. The lowest BCUT2D eigenvalue weighted by Crippen LogP contribution is -2.58. The fourth-order valence-electron chi connectivity index (χ4n) is 5.62. The van der Waals surface area contributed by atoms with Crippen LogP contribution >= 0.6 is 0 Å². The maximum Gasteiger partial charge on any atom is 0.407 e. The lowest BCUT2D eigenvalue weighted by molar-refractivity contribution is 0.0978. The van der Waals surface area contributed by atoms with Crippen LogP contribution in [0, 0.1) is 0 Å². The second-order valence-corrected chi connectivity index (χ2v) is 11.6. The molecular weight excluding hydrogens is 506 g/mol. The highest BCUT2D eigenvalue weighted by Gasteiger charge is 2.34. The van der Waals surface area contributed by atoms with Crippen LogP contribution in [0.15, 0.2) is 60.8 Å². The van der Waals surface area contributed by atoms with Crippen LogP contribution in [0.5, 0.6) is 11.5 Å². The van der Waals surface area contributed by atoms with Gasteiger partial charge in [-0.05, 0) is 68.1 Å². The Labute approximate surface area is 235 Å². The van der Waals surface area contributed by atoms with Gasteiger partial charge in [0.25, 0.3) is 0 Å². The summed E-state index contributed by atoms with van der Waals surface area (Å²) in [7, 11) is 0. The number of carboxylic acid groups (broad SMARTS) is 1. The number of amides is 1. The van der Waals surface area contributed by atoms with Crippen LogP contribution in [0.4, 0.5) is 10.7 Å². The molecule has 2 atom stereocenters. The largest absolute Gasteiger partial charge is 0.490 e. The number of carbonyl (C=O) groups is 1. The minimum Gasteiger partial charge on any atom is -0.490 e. The molecule has 0 bridgehead atoms. The van der Waals surface area contributed by atoms with E-state index in [9.17, 15) is 9.90 Å². The lowest BCUT2D eigenvalue weighted by atomic mass is 9.78. The van der Waals surface area contributed by atoms with Crippen LogP contribution in [0.3, 0.4) is 0 Å². The van der Waals surface area contributed by atoms with Crippen LogP contribution in [0.1, 0.15) is 57.4 Å². The summed E-state index contributed by atoms with van der Waals surface area (Å²) in [6.45, 7) is 9.64. The predicted molar refractivity (Wildman–Crippen MR) is 154 cm³/mol. The molecule has 5 rings (SSSR count). The van der Waals surface area contributed by atoms with Crippen molar-refractivity contribution < 1.29 is 19.4 Å². The molecule has 2 fully saturated rings. The third kappa shape index (κ3) is 5.99. The number of hydrogen-bond donors (Lipinski definition) is 2. The average Bonchev–Trinajstić information content (AvgIpc) is 2.91. The molecule has 212 valence electrons. The Morgan fingerprint density at radius 3 is 2.10 bits per heavy atom. The van der Waals surface area contributed by atoms with Gasteiger partial charge in [-0.15, -0.1) is 0 Å². The Balaban J connectivity index is 1.18. The second-order valence-electron chi connectivity index (χ2n) is 11.6. The molecule has 1 aromatic heterocycles. The monoisotopic (exact) mass is 545 g/mol. The summed E-state index contributed by atoms with van der Waals surface area (Å²) >= 11 is 0. The Bertz CT molecular complexity index is 1300. The smallest absolute Gasteiger partial charge is 0.407 e. The minimum absolute atomic E-state index is 0.148. The topological polar surface area (TPSA) is 114 Å². The summed E-state index contributed by atoms with van der Waals surface area (Å²) in [4.78, 5) is 24.2. The third-order valence-electron chi connectivity index (χ3n) is 8.10. The molecule has 1 aliphatic heterocycles. The first-order valence-electron chi connectivity index (χ1n) is 13.9. The number of nitrogens with zero attached hydrogens (tertiary/aromatic N) is 4. The van der Waals surface area contributed by atoms with Crippen LogP contribution in [-0.4, -0.2) is 63.4 Å². The number of hydrogen-bond acceptors (Lipinski definition) is 7. The zero-order chi connectivity index (χ0) is 28.4. The molecule has 0 radical (unpaired) electrons. The molecule has 1 amide bonds. The van der Waals surface area contributed by atoms with Gasteiger partial charge in [-0.3, -0.25) is 4.90 Å². The highest BCUT2D eigenvalue weighted by Crippen LogP contribution is 2.34. The van der Waals surface area contributed by atoms with E-state index in [1.165, 1.54) is 16.0 Å². The average molecular weight is 546 g/mol. The number of anilines is 1. The first-order valence-corrected chi connectivity index (χ1v) is 13.9. The fourth-order valence-corrected chi connectivity index (χ4v) is 5.62. The van der Waals surface area contributed by atoms with E-state index in [-0.39, 0.29) is 29.6 Å². The standard InChI is InChI=1S/C31H39N5O4/c1-20-17-35(18-21(2)36(20)30(37)38)29-33-14-13-25(34-29)19-39-26-9-5-22(6-10-26)31(3,4)23-7-11-27(12-8-23)40-28-15-24(32)16-28/h5-14,20-21,24,28H,15-19,32H2,1-4H3,(H,37,38)/t20-,21+,24-,28+. The molecule has 1 saturated carbocycles. The summed E-state index contributed by atoms with van der Waals surface area (Å²) in [5.74, 6) is 2.24. The van der Waals surface area contributed by atoms with Gasteiger partial charge in [-0.25, -0.2) is 14.8 Å². The van der Waals surface area contributed by atoms with Crippen LogP contribution in [-0.2, 0) is 12.0 Å². The summed E-state index contributed by atoms with van der Waals surface area (Å²) in [6.07, 6.45) is 2.91. The molecule has 9 nitrogen and oxygen atoms in total. The molecule has 1 aliphatic carbocycles. The van der Waals surface area contributed by atoms with Crippen molar-refractivity contribution in [3.05, 3.63) is 77.6 Å². The van der Waals surface area contributed by atoms with Gasteiger partial charge in [0, 0.05) is 30.7 Å². The van der Waals surface area contributed by atoms with Crippen LogP contribution in [0.25, 0.3) is 0 Å². The molecule has 9 heteroatoms. The van der Waals surface area contributed by atoms with Crippen molar-refractivity contribution in [3.63, 3.8) is 0 Å². The minimum atomic E-state index is -0.894. The van der Waals surface area contributed by atoms with E-state index in [0.29, 0.717) is 25.6 Å². The highest BCUT2D eigenvalue weighted by atomic mass is 16.5. The second kappa shape index (κ2) is 11.3. The van der Waals surface area contributed by atoms with Crippen LogP contribution in [0.2, 0.25) is 0 Å². The van der Waals surface area contributed by atoms with Gasteiger partial charge in [0.15, 0.2) is 0 Å². The van der Waals surface area contributed by atoms with Gasteiger partial charge in [-0.1, -0.05) is 38.1 Å². The molecule has 2 aromatic carbocycles. The summed E-state index contributed by atoms with van der Waals surface area (Å²) in [6, 6.07) is 18.4. The number of aromatic nitrogens is 2. The maximum atomic E-state index is 11.6. The maximum absolute atomic E-state index is 11.6. The molecule has 3 N–H and O–H groups in total. The first kappa shape index (κ1) is 27.7. The van der Waals surface area contributed by atoms with E-state index < -0.39 is 6.09 Å². The Hall–Kier alpha value is -3.85. The number of piperazine rings is 1. The zero-order valence-corrected chi connectivity index (χ0v) is 23.7. The van der Waals surface area contributed by atoms with Gasteiger partial charge < -0.3 is 25.2 Å². The molecule has 0 spiro atoms. The number of benzene rings is 2. The molecular formula is C31H39N5O4. The Morgan fingerprint density at radius 2 is 1.55 bits per heavy atom. The molecule has 2 heterocycles. The van der Waals surface area contributed by atoms with E-state index in [2.05, 4.69) is 43.1 Å². The van der Waals surface area contributed by atoms with Crippen molar-refractivity contribution in [1.82, 2.24) is 14.9 Å². The number of ether oxygens (including phenoxy) is 2. The SMILES string of the molecule is C[C@@H]1CN(c2nccc(COc3ccc(C(C)(C)c4ccc(O[C@H]5C[C@@H](N)C5)cc4)cc3)n2)C[C@H](C)N1C(=O)O. The summed E-state index contributed by atoms with van der Waals surface area (Å²) in [5, 5.41) is 9.48. The number of nitrogens with two attached hydrogens (primary N) is 1. The summed E-state index contributed by atoms with van der Waals surface area (Å²) in [5.41, 5.74) is 8.84. The van der Waals surface area contributed by atoms with Crippen LogP contribution < -0.4 is 20.1 Å². The predicted octanol–water partition coefficient (Wildman–Crippen LogP) is 4.83. The van der Waals surface area contributed by atoms with E-state index in [0.717, 1.165) is 30.0 Å². The zero-order valence-electron chi connectivity index (χ0n) is 23.7. The van der Waals surface area contributed by atoms with E-state index >= 15 is 0 Å². The Kier molecular flexibility index (Phi) is 7.85. The van der Waals surface area contributed by atoms with Gasteiger partial charge in [0.2, 0.25) is 5.95 Å². The van der Waals surface area contributed by atoms with E-state index in [4.69, 9.17) is 20.2 Å². The molecule has 0 unspecified atom stereocenters. The fraction of sp³-hybridized carbons (Fsp3) is 0.452. The lowest BCUT2D eigenvalue weighted by Gasteiger charge is -2.42. The summed E-state index contributed by atoms with van der Waals surface area (Å²) < 4.78 is 12.1. The third-order valence-corrected chi connectivity index (χ3v) is 8.10. The Morgan fingerprint density at radius 1 is 0.975 bits per heavy atom. The van der Waals surface area contributed by atoms with E-state index in [1.807, 2.05) is 49.1 Å². The quantitative estimate of drug-likeness (QED) is 0.414. The van der Waals surface area contributed by atoms with Crippen molar-refractivity contribution in [2.24, 2.45) is 5.73 Å². The molecule has 40 heavy (non-hydrogen) atoms. The van der Waals surface area contributed by atoms with Gasteiger partial charge >= 0.3 is 6.09 Å². The molecule has 3 aromatic rings. The first-order chi connectivity index (χ1) is 19.1. The van der Waals surface area contributed by atoms with Gasteiger partial charge in [-0.2, -0.15) is 0 Å². The van der Waals surface area contributed by atoms with Crippen molar-refractivity contribution in [2.45, 2.75) is 76.8 Å². The van der Waals surface area contributed by atoms with E-state index in [1.54, 1.807) is 6.20 Å². The molecule has 1 saturated heterocycles. The van der Waals surface area contributed by atoms with Crippen molar-refractivity contribution in [2.75, 3.05) is 18.0 Å².